The monoisotopic (exact) mass is 620 g/mol. The van der Waals surface area contributed by atoms with Crippen LogP contribution in [0.15, 0.2) is 88.7 Å². The van der Waals surface area contributed by atoms with Crippen LogP contribution in [0.1, 0.15) is 49.9 Å². The molecule has 1 aliphatic rings. The lowest BCUT2D eigenvalue weighted by Gasteiger charge is -2.27. The first kappa shape index (κ1) is 29.7. The van der Waals surface area contributed by atoms with E-state index in [2.05, 4.69) is 6.07 Å². The third kappa shape index (κ3) is 5.54. The van der Waals surface area contributed by atoms with E-state index >= 15 is 0 Å². The smallest absolute Gasteiger partial charge is 0.379 e. The van der Waals surface area contributed by atoms with Gasteiger partial charge in [-0.2, -0.15) is 5.26 Å². The molecule has 0 saturated heterocycles. The zero-order chi connectivity index (χ0) is 31.8. The minimum Gasteiger partial charge on any atom is -0.493 e. The van der Waals surface area contributed by atoms with E-state index in [-0.39, 0.29) is 29.6 Å². The average molecular weight is 621 g/mol. The number of ether oxygens (including phenoxy) is 4. The largest absolute Gasteiger partial charge is 0.493 e. The van der Waals surface area contributed by atoms with Gasteiger partial charge in [0.15, 0.2) is 11.5 Å². The number of carbonyl (C=O) groups is 1. The van der Waals surface area contributed by atoms with E-state index < -0.39 is 11.9 Å². The molecule has 0 aliphatic carbocycles. The topological polar surface area (TPSA) is 117 Å². The second-order valence-electron chi connectivity index (χ2n) is 10.8. The highest BCUT2D eigenvalue weighted by Crippen LogP contribution is 2.45. The number of nitriles is 1. The first-order valence-electron chi connectivity index (χ1n) is 14.2. The minimum absolute atomic E-state index is 0.0459. The molecule has 1 unspecified atom stereocenters. The average Bonchev–Trinajstić information content (AvgIpc) is 3.36. The van der Waals surface area contributed by atoms with E-state index in [0.717, 1.165) is 27.6 Å². The van der Waals surface area contributed by atoms with Crippen molar-refractivity contribution in [3.63, 3.8) is 0 Å². The van der Waals surface area contributed by atoms with Crippen molar-refractivity contribution in [2.75, 3.05) is 7.11 Å². The van der Waals surface area contributed by atoms with Crippen LogP contribution in [0.3, 0.4) is 0 Å². The summed E-state index contributed by atoms with van der Waals surface area (Å²) in [5.41, 5.74) is 12.1. The zero-order valence-electron chi connectivity index (χ0n) is 25.1. The summed E-state index contributed by atoms with van der Waals surface area (Å²) in [6, 6.07) is 24.0. The molecule has 8 nitrogen and oxygen atoms in total. The fourth-order valence-corrected chi connectivity index (χ4v) is 5.92. The molecule has 45 heavy (non-hydrogen) atoms. The van der Waals surface area contributed by atoms with Gasteiger partial charge in [-0.1, -0.05) is 48.0 Å². The van der Waals surface area contributed by atoms with Crippen molar-refractivity contribution in [1.82, 2.24) is 0 Å². The number of furan rings is 1. The lowest BCUT2D eigenvalue weighted by atomic mass is 9.83. The molecule has 226 valence electrons. The summed E-state index contributed by atoms with van der Waals surface area (Å²) in [5, 5.41) is 11.5. The Balaban J connectivity index is 1.29. The molecule has 0 bridgehead atoms. The number of benzene rings is 4. The Morgan fingerprint density at radius 2 is 1.82 bits per heavy atom. The van der Waals surface area contributed by atoms with Gasteiger partial charge < -0.3 is 29.1 Å². The Bertz CT molecular complexity index is 2060. The van der Waals surface area contributed by atoms with Gasteiger partial charge in [0.2, 0.25) is 11.6 Å². The Kier molecular flexibility index (Phi) is 7.88. The second-order valence-corrected chi connectivity index (χ2v) is 11.2. The Labute approximate surface area is 265 Å². The maximum absolute atomic E-state index is 13.2. The van der Waals surface area contributed by atoms with Crippen LogP contribution < -0.4 is 24.7 Å². The standard InChI is InChI=1S/C36H29ClN2O6/c1-19-13-20(2)32-21(3)34(44-31(32)14-19)36(40)43-24-10-11-25-29(16-24)45-35(39)26(17-38)33(25)22-9-12-28(30(15-22)41-4)42-18-23-7-5-6-8-27(23)37/h5-16,33H,18,39H2,1-4H3. The van der Waals surface area contributed by atoms with Crippen molar-refractivity contribution in [2.24, 2.45) is 5.73 Å². The normalized spacial score (nSPS) is 14.0. The molecule has 0 amide bonds. The van der Waals surface area contributed by atoms with Gasteiger partial charge in [0, 0.05) is 33.2 Å². The minimum atomic E-state index is -0.633. The molecule has 4 aromatic carbocycles. The summed E-state index contributed by atoms with van der Waals surface area (Å²) < 4.78 is 29.1. The quantitative estimate of drug-likeness (QED) is 0.143. The molecule has 2 heterocycles. The highest BCUT2D eigenvalue weighted by atomic mass is 35.5. The van der Waals surface area contributed by atoms with Gasteiger partial charge in [-0.3, -0.25) is 0 Å². The van der Waals surface area contributed by atoms with Crippen molar-refractivity contribution < 1.29 is 28.2 Å². The lowest BCUT2D eigenvalue weighted by molar-refractivity contribution is 0.0702. The third-order valence-corrected chi connectivity index (χ3v) is 8.19. The molecular weight excluding hydrogens is 592 g/mol. The number of fused-ring (bicyclic) bond motifs is 2. The predicted octanol–water partition coefficient (Wildman–Crippen LogP) is 8.04. The number of allylic oxidation sites excluding steroid dienone is 1. The number of rotatable bonds is 7. The van der Waals surface area contributed by atoms with E-state index in [9.17, 15) is 10.1 Å². The molecule has 0 radical (unpaired) electrons. The Morgan fingerprint density at radius 1 is 1.02 bits per heavy atom. The van der Waals surface area contributed by atoms with Crippen LogP contribution in [0, 0.1) is 32.1 Å². The second kappa shape index (κ2) is 11.9. The van der Waals surface area contributed by atoms with Crippen LogP contribution in [0.2, 0.25) is 5.02 Å². The summed E-state index contributed by atoms with van der Waals surface area (Å²) in [5.74, 6) is 0.455. The van der Waals surface area contributed by atoms with Crippen molar-refractivity contribution in [1.29, 1.82) is 5.26 Å². The van der Waals surface area contributed by atoms with E-state index in [0.29, 0.717) is 39.0 Å². The third-order valence-electron chi connectivity index (χ3n) is 7.82. The summed E-state index contributed by atoms with van der Waals surface area (Å²) in [7, 11) is 1.54. The number of halogens is 1. The van der Waals surface area contributed by atoms with Crippen molar-refractivity contribution in [2.45, 2.75) is 33.3 Å². The number of hydrogen-bond donors (Lipinski definition) is 1. The molecule has 6 rings (SSSR count). The van der Waals surface area contributed by atoms with Crippen LogP contribution in [0.5, 0.6) is 23.0 Å². The SMILES string of the molecule is COc1cc(C2C(C#N)=C(N)Oc3cc(OC(=O)c4oc5cc(C)cc(C)c5c4C)ccc32)ccc1OCc1ccccc1Cl. The van der Waals surface area contributed by atoms with Gasteiger partial charge in [0.25, 0.3) is 0 Å². The number of carbonyl (C=O) groups excluding carboxylic acids is 1. The molecule has 0 fully saturated rings. The molecule has 1 atom stereocenters. The number of nitrogens with zero attached hydrogens (tertiary/aromatic N) is 1. The van der Waals surface area contributed by atoms with E-state index in [1.165, 1.54) is 0 Å². The van der Waals surface area contributed by atoms with Gasteiger partial charge in [-0.15, -0.1) is 0 Å². The van der Waals surface area contributed by atoms with E-state index in [4.69, 9.17) is 40.7 Å². The number of methoxy groups -OCH3 is 1. The number of nitrogens with two attached hydrogens (primary N) is 1. The highest BCUT2D eigenvalue weighted by Gasteiger charge is 2.32. The van der Waals surface area contributed by atoms with Crippen LogP contribution in [-0.4, -0.2) is 13.1 Å². The number of aryl methyl sites for hydroxylation is 3. The molecule has 5 aromatic rings. The van der Waals surface area contributed by atoms with Crippen LogP contribution in [0.4, 0.5) is 0 Å². The molecule has 1 aromatic heterocycles. The van der Waals surface area contributed by atoms with Crippen LogP contribution >= 0.6 is 11.6 Å². The van der Waals surface area contributed by atoms with E-state index in [1.54, 1.807) is 43.5 Å². The van der Waals surface area contributed by atoms with Gasteiger partial charge in [0.05, 0.1) is 13.0 Å². The molecule has 0 saturated carbocycles. The summed E-state index contributed by atoms with van der Waals surface area (Å²) in [4.78, 5) is 13.2. The molecule has 2 N–H and O–H groups in total. The predicted molar refractivity (Wildman–Crippen MR) is 170 cm³/mol. The van der Waals surface area contributed by atoms with Crippen molar-refractivity contribution in [3.8, 4) is 29.1 Å². The fraction of sp³-hybridized carbons (Fsp3) is 0.167. The van der Waals surface area contributed by atoms with Gasteiger partial charge in [-0.05, 0) is 67.8 Å². The van der Waals surface area contributed by atoms with Crippen LogP contribution in [0.25, 0.3) is 11.0 Å². The first-order chi connectivity index (χ1) is 21.7. The summed E-state index contributed by atoms with van der Waals surface area (Å²) in [6.45, 7) is 6.04. The van der Waals surface area contributed by atoms with Crippen LogP contribution in [-0.2, 0) is 6.61 Å². The highest BCUT2D eigenvalue weighted by molar-refractivity contribution is 6.31. The summed E-state index contributed by atoms with van der Waals surface area (Å²) >= 11 is 6.29. The number of esters is 1. The summed E-state index contributed by atoms with van der Waals surface area (Å²) in [6.07, 6.45) is 0. The van der Waals surface area contributed by atoms with E-state index in [1.807, 2.05) is 57.2 Å². The first-order valence-corrected chi connectivity index (χ1v) is 14.5. The van der Waals surface area contributed by atoms with Crippen molar-refractivity contribution >= 4 is 28.5 Å². The molecule has 9 heteroatoms. The molecule has 0 spiro atoms. The molecular formula is C36H29ClN2O6. The van der Waals surface area contributed by atoms with Gasteiger partial charge in [-0.25, -0.2) is 4.79 Å². The fourth-order valence-electron chi connectivity index (χ4n) is 5.73. The maximum atomic E-state index is 13.2. The Hall–Kier alpha value is -5.39. The number of hydrogen-bond acceptors (Lipinski definition) is 8. The molecule has 1 aliphatic heterocycles. The maximum Gasteiger partial charge on any atom is 0.379 e. The van der Waals surface area contributed by atoms with Gasteiger partial charge in [0.1, 0.15) is 35.3 Å². The Morgan fingerprint density at radius 3 is 2.58 bits per heavy atom. The zero-order valence-corrected chi connectivity index (χ0v) is 25.8. The van der Waals surface area contributed by atoms with Crippen molar-refractivity contribution in [3.05, 3.63) is 128 Å². The lowest BCUT2D eigenvalue weighted by Crippen LogP contribution is -2.21. The van der Waals surface area contributed by atoms with Gasteiger partial charge >= 0.3 is 5.97 Å².